The molecule has 0 fully saturated rings. The largest absolute Gasteiger partial charge is 0.545 e. The van der Waals surface area contributed by atoms with E-state index in [2.05, 4.69) is 0 Å². The van der Waals surface area contributed by atoms with Gasteiger partial charge < -0.3 is 38.7 Å². The van der Waals surface area contributed by atoms with Gasteiger partial charge in [0.1, 0.15) is 0 Å². The van der Waals surface area contributed by atoms with Crippen LogP contribution in [0.25, 0.3) is 0 Å². The van der Waals surface area contributed by atoms with Crippen LogP contribution in [-0.2, 0) is 30.5 Å². The van der Waals surface area contributed by atoms with Crippen LogP contribution in [0.3, 0.4) is 0 Å². The van der Waals surface area contributed by atoms with Gasteiger partial charge in [-0.1, -0.05) is 12.1 Å². The summed E-state index contributed by atoms with van der Waals surface area (Å²) in [5.41, 5.74) is -0.991. The SMILES string of the molecule is CCOC(C)(OC)c1ccc(C(=O)[O-])c(C(=O)[O-])c1C(C)(OC)OCC. The van der Waals surface area contributed by atoms with Crippen LogP contribution in [0.15, 0.2) is 12.1 Å². The Hall–Kier alpha value is -2.00. The first kappa shape index (κ1) is 22.0. The lowest BCUT2D eigenvalue weighted by molar-refractivity contribution is -0.261. The second-order valence-electron chi connectivity index (χ2n) is 5.65. The zero-order chi connectivity index (χ0) is 20.1. The minimum atomic E-state index is -1.71. The quantitative estimate of drug-likeness (QED) is 0.535. The Kier molecular flexibility index (Phi) is 7.28. The Morgan fingerprint density at radius 3 is 1.81 bits per heavy atom. The van der Waals surface area contributed by atoms with Crippen LogP contribution in [0.1, 0.15) is 59.5 Å². The molecule has 0 aromatic heterocycles. The third-order valence-corrected chi connectivity index (χ3v) is 4.19. The molecular weight excluding hydrogens is 344 g/mol. The predicted octanol–water partition coefficient (Wildman–Crippen LogP) is 0.125. The van der Waals surface area contributed by atoms with Gasteiger partial charge in [0.25, 0.3) is 0 Å². The fourth-order valence-electron chi connectivity index (χ4n) is 2.87. The van der Waals surface area contributed by atoms with E-state index in [9.17, 15) is 19.8 Å². The van der Waals surface area contributed by atoms with E-state index in [1.807, 2.05) is 0 Å². The lowest BCUT2D eigenvalue weighted by Crippen LogP contribution is -2.41. The molecule has 1 rings (SSSR count). The van der Waals surface area contributed by atoms with Crippen molar-refractivity contribution in [3.8, 4) is 0 Å². The molecule has 1 aromatic rings. The average Bonchev–Trinajstić information content (AvgIpc) is 2.60. The summed E-state index contributed by atoms with van der Waals surface area (Å²) >= 11 is 0. The zero-order valence-corrected chi connectivity index (χ0v) is 15.8. The normalized spacial score (nSPS) is 15.9. The minimum absolute atomic E-state index is 0.0682. The van der Waals surface area contributed by atoms with Gasteiger partial charge in [-0.2, -0.15) is 0 Å². The molecule has 0 radical (unpaired) electrons. The number of benzene rings is 1. The number of aromatic carboxylic acids is 2. The zero-order valence-electron chi connectivity index (χ0n) is 15.8. The van der Waals surface area contributed by atoms with Crippen LogP contribution >= 0.6 is 0 Å². The maximum absolute atomic E-state index is 11.8. The highest BCUT2D eigenvalue weighted by Gasteiger charge is 2.40. The van der Waals surface area contributed by atoms with E-state index >= 15 is 0 Å². The molecule has 2 atom stereocenters. The number of ether oxygens (including phenoxy) is 4. The second kappa shape index (κ2) is 8.59. The van der Waals surface area contributed by atoms with Crippen molar-refractivity contribution in [2.45, 2.75) is 39.3 Å². The van der Waals surface area contributed by atoms with Crippen LogP contribution in [0, 0.1) is 0 Å². The van der Waals surface area contributed by atoms with Crippen molar-refractivity contribution in [3.05, 3.63) is 34.4 Å². The van der Waals surface area contributed by atoms with Gasteiger partial charge in [-0.05, 0) is 27.7 Å². The molecule has 0 spiro atoms. The molecule has 0 heterocycles. The van der Waals surface area contributed by atoms with Crippen molar-refractivity contribution in [1.82, 2.24) is 0 Å². The van der Waals surface area contributed by atoms with E-state index in [4.69, 9.17) is 18.9 Å². The first-order valence-electron chi connectivity index (χ1n) is 8.10. The smallest absolute Gasteiger partial charge is 0.192 e. The van der Waals surface area contributed by atoms with E-state index in [0.29, 0.717) is 0 Å². The first-order valence-corrected chi connectivity index (χ1v) is 8.10. The summed E-state index contributed by atoms with van der Waals surface area (Å²) in [6.07, 6.45) is 0. The summed E-state index contributed by atoms with van der Waals surface area (Å²) < 4.78 is 22.1. The van der Waals surface area contributed by atoms with Gasteiger partial charge in [-0.15, -0.1) is 0 Å². The van der Waals surface area contributed by atoms with Gasteiger partial charge in [-0.25, -0.2) is 0 Å². The Morgan fingerprint density at radius 2 is 1.42 bits per heavy atom. The minimum Gasteiger partial charge on any atom is -0.545 e. The summed E-state index contributed by atoms with van der Waals surface area (Å²) in [4.78, 5) is 23.3. The molecule has 0 aliphatic heterocycles. The predicted molar refractivity (Wildman–Crippen MR) is 87.1 cm³/mol. The maximum atomic E-state index is 11.8. The molecule has 0 aliphatic rings. The van der Waals surface area contributed by atoms with E-state index in [1.165, 1.54) is 27.2 Å². The number of rotatable bonds is 10. The summed E-state index contributed by atoms with van der Waals surface area (Å²) in [6.45, 7) is 6.91. The Labute approximate surface area is 152 Å². The highest BCUT2D eigenvalue weighted by atomic mass is 16.7. The highest BCUT2D eigenvalue weighted by molar-refractivity contribution is 6.01. The molecule has 0 N–H and O–H groups in total. The Morgan fingerprint density at radius 1 is 0.923 bits per heavy atom. The van der Waals surface area contributed by atoms with E-state index in [0.717, 1.165) is 6.07 Å². The highest BCUT2D eigenvalue weighted by Crippen LogP contribution is 2.40. The molecule has 8 nitrogen and oxygen atoms in total. The molecule has 1 aromatic carbocycles. The Balaban J connectivity index is 4.01. The molecule has 0 saturated carbocycles. The van der Waals surface area contributed by atoms with Gasteiger partial charge >= 0.3 is 0 Å². The van der Waals surface area contributed by atoms with Gasteiger partial charge in [0.2, 0.25) is 0 Å². The van der Waals surface area contributed by atoms with Crippen LogP contribution in [0.5, 0.6) is 0 Å². The molecular formula is C18H24O8-2. The van der Waals surface area contributed by atoms with Crippen LogP contribution in [-0.4, -0.2) is 39.4 Å². The van der Waals surface area contributed by atoms with Gasteiger partial charge in [0, 0.05) is 49.7 Å². The van der Waals surface area contributed by atoms with E-state index < -0.39 is 34.6 Å². The number of carbonyl (C=O) groups is 2. The topological polar surface area (TPSA) is 117 Å². The molecule has 2 unspecified atom stereocenters. The number of carboxylic acids is 2. The fraction of sp³-hybridized carbons (Fsp3) is 0.556. The van der Waals surface area contributed by atoms with Crippen molar-refractivity contribution >= 4 is 11.9 Å². The monoisotopic (exact) mass is 368 g/mol. The lowest BCUT2D eigenvalue weighted by atomic mass is 9.87. The molecule has 146 valence electrons. The number of methoxy groups -OCH3 is 2. The van der Waals surface area contributed by atoms with Crippen molar-refractivity contribution in [2.75, 3.05) is 27.4 Å². The second-order valence-corrected chi connectivity index (χ2v) is 5.65. The van der Waals surface area contributed by atoms with Crippen molar-refractivity contribution in [2.24, 2.45) is 0 Å². The molecule has 26 heavy (non-hydrogen) atoms. The Bertz CT molecular complexity index is 671. The van der Waals surface area contributed by atoms with Crippen molar-refractivity contribution < 1.29 is 38.7 Å². The summed E-state index contributed by atoms with van der Waals surface area (Å²) in [6, 6.07) is 2.50. The summed E-state index contributed by atoms with van der Waals surface area (Å²) in [5.74, 6) is -6.35. The number of carbonyl (C=O) groups excluding carboxylic acids is 2. The van der Waals surface area contributed by atoms with Crippen LogP contribution in [0.4, 0.5) is 0 Å². The average molecular weight is 368 g/mol. The third kappa shape index (κ3) is 4.04. The van der Waals surface area contributed by atoms with Gasteiger partial charge in [0.15, 0.2) is 11.6 Å². The van der Waals surface area contributed by atoms with Crippen LogP contribution < -0.4 is 10.2 Å². The van der Waals surface area contributed by atoms with E-state index in [1.54, 1.807) is 20.8 Å². The standard InChI is InChI=1S/C18H26O8/c1-7-25-17(3,23-5)12-10-9-11(15(19)20)13(16(21)22)14(12)18(4,24-6)26-8-2/h9-10H,7-8H2,1-6H3,(H,19,20)(H,21,22)/p-2. The molecule has 8 heteroatoms. The molecule has 0 aliphatic carbocycles. The number of hydrogen-bond donors (Lipinski definition) is 0. The third-order valence-electron chi connectivity index (χ3n) is 4.19. The van der Waals surface area contributed by atoms with E-state index in [-0.39, 0.29) is 24.3 Å². The summed E-state index contributed by atoms with van der Waals surface area (Å²) in [5, 5.41) is 23.3. The van der Waals surface area contributed by atoms with Gasteiger partial charge in [0.05, 0.1) is 11.9 Å². The molecule has 0 bridgehead atoms. The maximum Gasteiger partial charge on any atom is 0.192 e. The fourth-order valence-corrected chi connectivity index (χ4v) is 2.87. The molecule has 0 saturated heterocycles. The van der Waals surface area contributed by atoms with Gasteiger partial charge in [-0.3, -0.25) is 0 Å². The number of hydrogen-bond acceptors (Lipinski definition) is 8. The number of carboxylic acid groups (broad SMARTS) is 2. The lowest BCUT2D eigenvalue weighted by Gasteiger charge is -2.38. The molecule has 0 amide bonds. The van der Waals surface area contributed by atoms with Crippen LogP contribution in [0.2, 0.25) is 0 Å². The van der Waals surface area contributed by atoms with Crippen molar-refractivity contribution in [1.29, 1.82) is 0 Å². The van der Waals surface area contributed by atoms with Crippen molar-refractivity contribution in [3.63, 3.8) is 0 Å². The first-order chi connectivity index (χ1) is 12.1. The summed E-state index contributed by atoms with van der Waals surface area (Å²) in [7, 11) is 2.70.